The first kappa shape index (κ1) is 22.4. The highest BCUT2D eigenvalue weighted by atomic mass is 79.9. The molecule has 0 aromatic heterocycles. The molecule has 0 radical (unpaired) electrons. The smallest absolute Gasteiger partial charge is 0.321 e. The van der Waals surface area contributed by atoms with Crippen molar-refractivity contribution in [3.05, 3.63) is 37.9 Å². The molecule has 1 aromatic carbocycles. The van der Waals surface area contributed by atoms with Crippen molar-refractivity contribution >= 4 is 60.9 Å². The molecular formula is C14H12BrCl2N3O5S. The van der Waals surface area contributed by atoms with E-state index in [9.17, 15) is 18.0 Å². The van der Waals surface area contributed by atoms with Crippen LogP contribution in [0.15, 0.2) is 32.8 Å². The molecule has 0 unspecified atom stereocenters. The maximum absolute atomic E-state index is 12.2. The summed E-state index contributed by atoms with van der Waals surface area (Å²) in [6.45, 7) is -0.179. The van der Waals surface area contributed by atoms with E-state index in [-0.39, 0.29) is 21.3 Å². The number of ether oxygens (including phenoxy) is 1. The van der Waals surface area contributed by atoms with E-state index in [0.29, 0.717) is 4.47 Å². The minimum absolute atomic E-state index is 0.0197. The largest absolute Gasteiger partial charge is 0.456 e. The molecule has 1 rings (SSSR count). The van der Waals surface area contributed by atoms with Crippen molar-refractivity contribution in [2.24, 2.45) is 5.73 Å². The van der Waals surface area contributed by atoms with Crippen LogP contribution < -0.4 is 10.5 Å². The van der Waals surface area contributed by atoms with Gasteiger partial charge in [-0.05, 0) is 19.1 Å². The van der Waals surface area contributed by atoms with Crippen molar-refractivity contribution in [3.63, 3.8) is 0 Å². The summed E-state index contributed by atoms with van der Waals surface area (Å²) in [4.78, 5) is 22.9. The molecule has 1 aromatic rings. The quantitative estimate of drug-likeness (QED) is 0.342. The molecule has 0 atom stereocenters. The Morgan fingerprint density at radius 2 is 1.88 bits per heavy atom. The van der Waals surface area contributed by atoms with Gasteiger partial charge in [-0.3, -0.25) is 9.59 Å². The molecule has 12 heteroatoms. The van der Waals surface area contributed by atoms with Gasteiger partial charge in [0.2, 0.25) is 15.8 Å². The number of esters is 1. The second kappa shape index (κ2) is 9.34. The zero-order chi connectivity index (χ0) is 20.1. The Kier molecular flexibility index (Phi) is 8.05. The molecule has 0 aliphatic heterocycles. The van der Waals surface area contributed by atoms with E-state index in [1.165, 1.54) is 19.1 Å². The number of rotatable bonds is 7. The Hall–Kier alpha value is -1.64. The average Bonchev–Trinajstić information content (AvgIpc) is 2.50. The van der Waals surface area contributed by atoms with Crippen LogP contribution in [0.1, 0.15) is 6.92 Å². The van der Waals surface area contributed by atoms with Gasteiger partial charge >= 0.3 is 5.97 Å². The summed E-state index contributed by atoms with van der Waals surface area (Å²) >= 11 is 14.9. The van der Waals surface area contributed by atoms with E-state index in [4.69, 9.17) is 34.2 Å². The van der Waals surface area contributed by atoms with E-state index >= 15 is 0 Å². The number of sulfonamides is 1. The monoisotopic (exact) mass is 483 g/mol. The van der Waals surface area contributed by atoms with Crippen LogP contribution in [-0.2, 0) is 24.3 Å². The highest BCUT2D eigenvalue weighted by Crippen LogP contribution is 2.32. The second-order valence-corrected chi connectivity index (χ2v) is 8.21. The van der Waals surface area contributed by atoms with E-state index in [1.807, 2.05) is 4.72 Å². The van der Waals surface area contributed by atoms with Crippen molar-refractivity contribution in [1.82, 2.24) is 4.72 Å². The van der Waals surface area contributed by atoms with Gasteiger partial charge in [0, 0.05) is 10.2 Å². The number of hydrogen-bond donors (Lipinski definition) is 2. The van der Waals surface area contributed by atoms with Gasteiger partial charge in [-0.15, -0.1) is 0 Å². The molecule has 0 fully saturated rings. The normalized spacial score (nSPS) is 12.1. The lowest BCUT2D eigenvalue weighted by Crippen LogP contribution is -2.32. The third-order valence-corrected chi connectivity index (χ3v) is 5.57. The zero-order valence-electron chi connectivity index (χ0n) is 13.2. The number of nitrogens with zero attached hydrogens (tertiary/aromatic N) is 1. The number of nitrogens with two attached hydrogens (primary N) is 1. The zero-order valence-corrected chi connectivity index (χ0v) is 17.1. The number of benzene rings is 1. The summed E-state index contributed by atoms with van der Waals surface area (Å²) in [6.07, 6.45) is 0. The highest BCUT2D eigenvalue weighted by molar-refractivity contribution is 9.10. The fourth-order valence-electron chi connectivity index (χ4n) is 1.65. The maximum Gasteiger partial charge on any atom is 0.321 e. The molecule has 140 valence electrons. The number of carbonyl (C=O) groups excluding carboxylic acids is 2. The molecule has 3 N–H and O–H groups in total. The van der Waals surface area contributed by atoms with Crippen LogP contribution >= 0.6 is 39.1 Å². The molecule has 0 aliphatic rings. The Morgan fingerprint density at radius 3 is 2.35 bits per heavy atom. The summed E-state index contributed by atoms with van der Waals surface area (Å²) in [6, 6.07) is 4.24. The molecule has 0 saturated carbocycles. The van der Waals surface area contributed by atoms with Crippen LogP contribution in [0, 0.1) is 11.3 Å². The van der Waals surface area contributed by atoms with Gasteiger partial charge in [-0.1, -0.05) is 39.1 Å². The van der Waals surface area contributed by atoms with Gasteiger partial charge in [-0.25, -0.2) is 8.42 Å². The van der Waals surface area contributed by atoms with E-state index in [0.717, 1.165) is 0 Å². The topological polar surface area (TPSA) is 139 Å². The molecule has 8 nitrogen and oxygen atoms in total. The lowest BCUT2D eigenvalue weighted by Gasteiger charge is -2.10. The van der Waals surface area contributed by atoms with Crippen LogP contribution in [0.5, 0.6) is 0 Å². The maximum atomic E-state index is 12.2. The number of nitriles is 1. The standard InChI is InChI=1S/C14H12BrCl2N3O5S/c1-7(19)9(4-18)12(21)6-25-13(22)5-20-26(23,24)14-10(16)2-8(15)3-11(14)17/h2-3,20H,5-6,19H2,1H3/b9-7+. The minimum Gasteiger partial charge on any atom is -0.456 e. The third kappa shape index (κ3) is 5.96. The SMILES string of the molecule is C/C(N)=C(/C#N)C(=O)COC(=O)CNS(=O)(=O)c1c(Cl)cc(Br)cc1Cl. The van der Waals surface area contributed by atoms with E-state index in [1.54, 1.807) is 6.07 Å². The molecule has 0 saturated heterocycles. The molecular weight excluding hydrogens is 473 g/mol. The number of Topliss-reactive ketones (excluding diaryl/α,β-unsaturated/α-hetero) is 1. The Balaban J connectivity index is 2.75. The van der Waals surface area contributed by atoms with Crippen LogP contribution in [0.25, 0.3) is 0 Å². The van der Waals surface area contributed by atoms with Gasteiger partial charge < -0.3 is 10.5 Å². The van der Waals surface area contributed by atoms with Gasteiger partial charge in [0.15, 0.2) is 6.61 Å². The third-order valence-electron chi connectivity index (χ3n) is 2.79. The number of nitrogens with one attached hydrogen (secondary N) is 1. The number of allylic oxidation sites excluding steroid dienone is 1. The fourth-order valence-corrected chi connectivity index (χ4v) is 4.55. The molecule has 0 aliphatic carbocycles. The highest BCUT2D eigenvalue weighted by Gasteiger charge is 2.24. The van der Waals surface area contributed by atoms with Gasteiger partial charge in [0.05, 0.1) is 10.0 Å². The van der Waals surface area contributed by atoms with Crippen LogP contribution in [0.4, 0.5) is 0 Å². The predicted molar refractivity (Wildman–Crippen MR) is 97.8 cm³/mol. The van der Waals surface area contributed by atoms with Gasteiger partial charge in [0.25, 0.3) is 0 Å². The molecule has 26 heavy (non-hydrogen) atoms. The van der Waals surface area contributed by atoms with Crippen LogP contribution in [0.3, 0.4) is 0 Å². The summed E-state index contributed by atoms with van der Waals surface area (Å²) < 4.78 is 31.5. The van der Waals surface area contributed by atoms with Crippen molar-refractivity contribution in [2.45, 2.75) is 11.8 Å². The first-order chi connectivity index (χ1) is 12.0. The fraction of sp³-hybridized carbons (Fsp3) is 0.214. The first-order valence-electron chi connectivity index (χ1n) is 6.69. The van der Waals surface area contributed by atoms with E-state index < -0.39 is 39.8 Å². The lowest BCUT2D eigenvalue weighted by atomic mass is 10.1. The minimum atomic E-state index is -4.21. The Bertz CT molecular complexity index is 898. The Morgan fingerprint density at radius 1 is 1.35 bits per heavy atom. The summed E-state index contributed by atoms with van der Waals surface area (Å²) in [7, 11) is -4.21. The number of hydrogen-bond acceptors (Lipinski definition) is 7. The lowest BCUT2D eigenvalue weighted by molar-refractivity contribution is -0.145. The predicted octanol–water partition coefficient (Wildman–Crippen LogP) is 1.90. The van der Waals surface area contributed by atoms with Crippen molar-refractivity contribution in [3.8, 4) is 6.07 Å². The van der Waals surface area contributed by atoms with Crippen LogP contribution in [-0.4, -0.2) is 33.3 Å². The van der Waals surface area contributed by atoms with Gasteiger partial charge in [-0.2, -0.15) is 9.98 Å². The first-order valence-corrected chi connectivity index (χ1v) is 9.72. The second-order valence-electron chi connectivity index (χ2n) is 4.78. The van der Waals surface area contributed by atoms with Crippen molar-refractivity contribution in [2.75, 3.05) is 13.2 Å². The van der Waals surface area contributed by atoms with E-state index in [2.05, 4.69) is 20.7 Å². The molecule has 0 bridgehead atoms. The Labute approximate surface area is 168 Å². The van der Waals surface area contributed by atoms with Crippen LogP contribution in [0.2, 0.25) is 10.0 Å². The number of carbonyl (C=O) groups is 2. The summed E-state index contributed by atoms with van der Waals surface area (Å²) in [5.41, 5.74) is 4.99. The molecule has 0 spiro atoms. The average molecular weight is 485 g/mol. The van der Waals surface area contributed by atoms with Crippen molar-refractivity contribution in [1.29, 1.82) is 5.26 Å². The summed E-state index contributed by atoms with van der Waals surface area (Å²) in [5.74, 6) is -1.85. The molecule has 0 amide bonds. The molecule has 0 heterocycles. The van der Waals surface area contributed by atoms with Gasteiger partial charge in [0.1, 0.15) is 23.1 Å². The summed E-state index contributed by atoms with van der Waals surface area (Å²) in [5, 5.41) is 8.47. The number of halogens is 3. The van der Waals surface area contributed by atoms with Crippen molar-refractivity contribution < 1.29 is 22.7 Å². The number of ketones is 1.